The second-order valence-corrected chi connectivity index (χ2v) is 4.88. The maximum Gasteiger partial charge on any atom is 0.252 e. The average molecular weight is 283 g/mol. The fraction of sp³-hybridized carbons (Fsp3) is 0.750. The molecule has 0 amide bonds. The maximum absolute atomic E-state index is 13.2. The predicted octanol–water partition coefficient (Wildman–Crippen LogP) is 2.30. The van der Waals surface area contributed by atoms with Crippen molar-refractivity contribution < 1.29 is 8.78 Å². The molecule has 0 radical (unpaired) electrons. The molecule has 0 unspecified atom stereocenters. The summed E-state index contributed by atoms with van der Waals surface area (Å²) in [6, 6.07) is 0. The van der Waals surface area contributed by atoms with Crippen LogP contribution in [0.5, 0.6) is 0 Å². The highest BCUT2D eigenvalue weighted by Gasteiger charge is 2.42. The molecule has 1 aromatic rings. The summed E-state index contributed by atoms with van der Waals surface area (Å²) in [6.45, 7) is 3.87. The SMILES string of the molecule is CC(F)(F)C(C)(C)Cn1nc(N)nc1Br. The summed E-state index contributed by atoms with van der Waals surface area (Å²) in [5.41, 5.74) is 4.13. The minimum Gasteiger partial charge on any atom is -0.366 e. The lowest BCUT2D eigenvalue weighted by Crippen LogP contribution is -2.37. The Hall–Kier alpha value is -0.720. The first-order chi connectivity index (χ1) is 6.63. The summed E-state index contributed by atoms with van der Waals surface area (Å²) in [5.74, 6) is -2.73. The van der Waals surface area contributed by atoms with Crippen LogP contribution < -0.4 is 5.73 Å². The van der Waals surface area contributed by atoms with E-state index in [1.54, 1.807) is 0 Å². The van der Waals surface area contributed by atoms with E-state index in [4.69, 9.17) is 5.73 Å². The van der Waals surface area contributed by atoms with Crippen LogP contribution in [0, 0.1) is 5.41 Å². The van der Waals surface area contributed by atoms with Crippen molar-refractivity contribution in [3.8, 4) is 0 Å². The zero-order valence-electron chi connectivity index (χ0n) is 8.76. The molecule has 15 heavy (non-hydrogen) atoms. The lowest BCUT2D eigenvalue weighted by Gasteiger charge is -2.31. The van der Waals surface area contributed by atoms with E-state index < -0.39 is 11.3 Å². The molecular weight excluding hydrogens is 270 g/mol. The van der Waals surface area contributed by atoms with Gasteiger partial charge in [-0.05, 0) is 22.9 Å². The molecule has 0 bridgehead atoms. The number of aromatic nitrogens is 3. The quantitative estimate of drug-likeness (QED) is 0.926. The number of alkyl halides is 2. The van der Waals surface area contributed by atoms with Gasteiger partial charge in [0.1, 0.15) is 0 Å². The fourth-order valence-electron chi connectivity index (χ4n) is 0.953. The van der Waals surface area contributed by atoms with Crippen molar-refractivity contribution in [1.29, 1.82) is 0 Å². The molecule has 0 aliphatic heterocycles. The average Bonchev–Trinajstić information content (AvgIpc) is 2.26. The standard InChI is InChI=1S/C8H13BrF2N4/c1-7(2,8(3,10)11)4-15-5(9)13-6(12)14-15/h4H2,1-3H3,(H2,12,14). The summed E-state index contributed by atoms with van der Waals surface area (Å²) in [5, 5.41) is 3.81. The molecule has 0 aromatic carbocycles. The summed E-state index contributed by atoms with van der Waals surface area (Å²) < 4.78 is 28.1. The van der Waals surface area contributed by atoms with Crippen LogP contribution in [0.15, 0.2) is 4.73 Å². The van der Waals surface area contributed by atoms with Gasteiger partial charge in [-0.25, -0.2) is 13.5 Å². The molecule has 0 atom stereocenters. The van der Waals surface area contributed by atoms with Crippen LogP contribution in [0.4, 0.5) is 14.7 Å². The van der Waals surface area contributed by atoms with E-state index in [2.05, 4.69) is 26.0 Å². The van der Waals surface area contributed by atoms with Crippen molar-refractivity contribution in [1.82, 2.24) is 14.8 Å². The van der Waals surface area contributed by atoms with Gasteiger partial charge in [0.25, 0.3) is 5.92 Å². The summed E-state index contributed by atoms with van der Waals surface area (Å²) in [4.78, 5) is 3.78. The van der Waals surface area contributed by atoms with Gasteiger partial charge in [0.15, 0.2) is 4.73 Å². The molecule has 0 aliphatic carbocycles. The minimum atomic E-state index is -2.80. The predicted molar refractivity (Wildman–Crippen MR) is 56.5 cm³/mol. The molecule has 86 valence electrons. The smallest absolute Gasteiger partial charge is 0.252 e. The Labute approximate surface area is 95.0 Å². The molecule has 0 saturated carbocycles. The number of nitrogen functional groups attached to an aromatic ring is 1. The molecule has 1 aromatic heterocycles. The molecule has 4 nitrogen and oxygen atoms in total. The molecule has 2 N–H and O–H groups in total. The fourth-order valence-corrected chi connectivity index (χ4v) is 1.34. The molecule has 0 spiro atoms. The lowest BCUT2D eigenvalue weighted by atomic mass is 9.86. The number of halogens is 3. The number of hydrogen-bond acceptors (Lipinski definition) is 3. The summed E-state index contributed by atoms with van der Waals surface area (Å²) in [6.07, 6.45) is 0. The van der Waals surface area contributed by atoms with E-state index in [1.807, 2.05) is 0 Å². The molecule has 0 saturated heterocycles. The minimum absolute atomic E-state index is 0.0429. The molecule has 1 heterocycles. The molecule has 7 heteroatoms. The number of anilines is 1. The van der Waals surface area contributed by atoms with Gasteiger partial charge in [-0.1, -0.05) is 13.8 Å². The number of nitrogens with two attached hydrogens (primary N) is 1. The van der Waals surface area contributed by atoms with Gasteiger partial charge in [0.2, 0.25) is 5.95 Å². The normalized spacial score (nSPS) is 13.2. The highest BCUT2D eigenvalue weighted by atomic mass is 79.9. The largest absolute Gasteiger partial charge is 0.366 e. The van der Waals surface area contributed by atoms with E-state index >= 15 is 0 Å². The Morgan fingerprint density at radius 1 is 1.40 bits per heavy atom. The van der Waals surface area contributed by atoms with Gasteiger partial charge >= 0.3 is 0 Å². The Morgan fingerprint density at radius 2 is 1.93 bits per heavy atom. The Morgan fingerprint density at radius 3 is 2.27 bits per heavy atom. The third kappa shape index (κ3) is 2.64. The molecule has 0 fully saturated rings. The third-order valence-electron chi connectivity index (χ3n) is 2.38. The first-order valence-corrected chi connectivity index (χ1v) is 5.16. The van der Waals surface area contributed by atoms with Crippen molar-refractivity contribution in [2.45, 2.75) is 33.2 Å². The van der Waals surface area contributed by atoms with Gasteiger partial charge in [-0.2, -0.15) is 4.98 Å². The monoisotopic (exact) mass is 282 g/mol. The molecular formula is C8H13BrF2N4. The van der Waals surface area contributed by atoms with E-state index in [-0.39, 0.29) is 12.5 Å². The summed E-state index contributed by atoms with van der Waals surface area (Å²) >= 11 is 3.10. The third-order valence-corrected chi connectivity index (χ3v) is 2.96. The zero-order valence-corrected chi connectivity index (χ0v) is 10.3. The second kappa shape index (κ2) is 3.70. The molecule has 1 rings (SSSR count). The van der Waals surface area contributed by atoms with Crippen LogP contribution >= 0.6 is 15.9 Å². The van der Waals surface area contributed by atoms with E-state index in [1.165, 1.54) is 18.5 Å². The first-order valence-electron chi connectivity index (χ1n) is 4.37. The Kier molecular flexibility index (Phi) is 3.04. The summed E-state index contributed by atoms with van der Waals surface area (Å²) in [7, 11) is 0. The maximum atomic E-state index is 13.2. The van der Waals surface area contributed by atoms with Crippen molar-refractivity contribution in [2.75, 3.05) is 5.73 Å². The van der Waals surface area contributed by atoms with Crippen LogP contribution in [-0.4, -0.2) is 20.7 Å². The second-order valence-electron chi connectivity index (χ2n) is 4.17. The number of rotatable bonds is 3. The van der Waals surface area contributed by atoms with Gasteiger partial charge in [0, 0.05) is 5.41 Å². The number of nitrogens with zero attached hydrogens (tertiary/aromatic N) is 3. The lowest BCUT2D eigenvalue weighted by molar-refractivity contribution is -0.0975. The van der Waals surface area contributed by atoms with Crippen molar-refractivity contribution in [3.63, 3.8) is 0 Å². The van der Waals surface area contributed by atoms with Crippen LogP contribution in [0.3, 0.4) is 0 Å². The van der Waals surface area contributed by atoms with E-state index in [9.17, 15) is 8.78 Å². The van der Waals surface area contributed by atoms with Crippen LogP contribution in [0.1, 0.15) is 20.8 Å². The first kappa shape index (κ1) is 12.4. The highest BCUT2D eigenvalue weighted by Crippen LogP contribution is 2.37. The Bertz CT molecular complexity index is 356. The van der Waals surface area contributed by atoms with E-state index in [0.29, 0.717) is 4.73 Å². The van der Waals surface area contributed by atoms with Gasteiger partial charge in [-0.15, -0.1) is 5.10 Å². The van der Waals surface area contributed by atoms with Crippen molar-refractivity contribution in [2.24, 2.45) is 5.41 Å². The van der Waals surface area contributed by atoms with Crippen LogP contribution in [-0.2, 0) is 6.54 Å². The van der Waals surface area contributed by atoms with Gasteiger partial charge in [0.05, 0.1) is 6.54 Å². The van der Waals surface area contributed by atoms with Gasteiger partial charge < -0.3 is 5.73 Å². The van der Waals surface area contributed by atoms with Crippen LogP contribution in [0.2, 0.25) is 0 Å². The van der Waals surface area contributed by atoms with Crippen molar-refractivity contribution in [3.05, 3.63) is 4.73 Å². The van der Waals surface area contributed by atoms with Crippen LogP contribution in [0.25, 0.3) is 0 Å². The van der Waals surface area contributed by atoms with E-state index in [0.717, 1.165) is 6.92 Å². The van der Waals surface area contributed by atoms with Crippen molar-refractivity contribution >= 4 is 21.9 Å². The topological polar surface area (TPSA) is 56.7 Å². The Balaban J connectivity index is 2.91. The molecule has 0 aliphatic rings. The highest BCUT2D eigenvalue weighted by molar-refractivity contribution is 9.10. The van der Waals surface area contributed by atoms with Gasteiger partial charge in [-0.3, -0.25) is 0 Å². The number of hydrogen-bond donors (Lipinski definition) is 1. The zero-order chi connectivity index (χ0) is 11.9.